The van der Waals surface area contributed by atoms with Crippen LogP contribution >= 0.6 is 0 Å². The molecule has 2 heterocycles. The number of nitrogens with zero attached hydrogens (tertiary/aromatic N) is 2. The molecule has 3 fully saturated rings. The second-order valence-corrected chi connectivity index (χ2v) is 9.59. The van der Waals surface area contributed by atoms with Gasteiger partial charge in [-0.3, -0.25) is 0 Å². The molecule has 128 valence electrons. The smallest absolute Gasteiger partial charge is 0.211 e. The van der Waals surface area contributed by atoms with Crippen LogP contribution in [0.3, 0.4) is 0 Å². The second-order valence-electron chi connectivity index (χ2n) is 7.65. The molecule has 1 aliphatic carbocycles. The van der Waals surface area contributed by atoms with E-state index >= 15 is 0 Å². The lowest BCUT2D eigenvalue weighted by Gasteiger charge is -2.43. The molecule has 0 unspecified atom stereocenters. The third kappa shape index (κ3) is 3.66. The van der Waals surface area contributed by atoms with Crippen LogP contribution in [0.25, 0.3) is 0 Å². The first-order valence-corrected chi connectivity index (χ1v) is 10.6. The summed E-state index contributed by atoms with van der Waals surface area (Å²) in [5.41, 5.74) is -0.492. The van der Waals surface area contributed by atoms with Crippen LogP contribution in [-0.2, 0) is 10.0 Å². The molecule has 1 saturated carbocycles. The van der Waals surface area contributed by atoms with Crippen molar-refractivity contribution in [2.45, 2.75) is 63.0 Å². The minimum atomic E-state index is -3.11. The van der Waals surface area contributed by atoms with E-state index in [0.29, 0.717) is 12.5 Å². The first-order valence-electron chi connectivity index (χ1n) is 8.79. The van der Waals surface area contributed by atoms with Crippen LogP contribution in [0, 0.1) is 5.92 Å². The summed E-state index contributed by atoms with van der Waals surface area (Å²) in [6.45, 7) is 3.31. The van der Waals surface area contributed by atoms with Crippen LogP contribution in [0.2, 0.25) is 0 Å². The van der Waals surface area contributed by atoms with E-state index in [1.165, 1.54) is 6.26 Å². The molecule has 6 heteroatoms. The molecule has 0 aromatic heterocycles. The molecular weight excluding hydrogens is 300 g/mol. The Morgan fingerprint density at radius 2 is 1.82 bits per heavy atom. The number of aliphatic hydroxyl groups is 1. The first-order chi connectivity index (χ1) is 10.4. The number of fused-ring (bicyclic) bond motifs is 1. The van der Waals surface area contributed by atoms with Gasteiger partial charge in [0.2, 0.25) is 10.0 Å². The Hall–Kier alpha value is -0.170. The van der Waals surface area contributed by atoms with Crippen molar-refractivity contribution < 1.29 is 13.5 Å². The van der Waals surface area contributed by atoms with Gasteiger partial charge >= 0.3 is 0 Å². The monoisotopic (exact) mass is 330 g/mol. The van der Waals surface area contributed by atoms with Gasteiger partial charge in [0.1, 0.15) is 0 Å². The van der Waals surface area contributed by atoms with Crippen LogP contribution in [-0.4, -0.2) is 66.8 Å². The van der Waals surface area contributed by atoms with Crippen molar-refractivity contribution in [3.05, 3.63) is 0 Å². The average molecular weight is 330 g/mol. The maximum Gasteiger partial charge on any atom is 0.211 e. The molecule has 2 aliphatic heterocycles. The van der Waals surface area contributed by atoms with Crippen LogP contribution in [0.4, 0.5) is 0 Å². The van der Waals surface area contributed by atoms with E-state index in [0.717, 1.165) is 71.0 Å². The molecule has 2 saturated heterocycles. The molecule has 22 heavy (non-hydrogen) atoms. The Morgan fingerprint density at radius 1 is 1.09 bits per heavy atom. The highest BCUT2D eigenvalue weighted by atomic mass is 32.2. The third-order valence-corrected chi connectivity index (χ3v) is 7.13. The molecule has 3 rings (SSSR count). The summed E-state index contributed by atoms with van der Waals surface area (Å²) < 4.78 is 25.9. The van der Waals surface area contributed by atoms with Gasteiger partial charge in [0.05, 0.1) is 11.9 Å². The van der Waals surface area contributed by atoms with E-state index in [1.807, 2.05) is 0 Å². The van der Waals surface area contributed by atoms with E-state index in [-0.39, 0.29) is 6.04 Å². The largest absolute Gasteiger partial charge is 0.389 e. The number of likely N-dealkylation sites (tertiary alicyclic amines) is 1. The molecule has 0 spiro atoms. The molecule has 1 N–H and O–H groups in total. The minimum Gasteiger partial charge on any atom is -0.389 e. The second kappa shape index (κ2) is 6.38. The quantitative estimate of drug-likeness (QED) is 0.850. The Bertz CT molecular complexity index is 488. The number of sulfonamides is 1. The third-order valence-electron chi connectivity index (χ3n) is 5.83. The zero-order valence-corrected chi connectivity index (χ0v) is 14.5. The first kappa shape index (κ1) is 16.7. The fourth-order valence-electron chi connectivity index (χ4n) is 4.76. The van der Waals surface area contributed by atoms with Crippen molar-refractivity contribution >= 4 is 10.0 Å². The van der Waals surface area contributed by atoms with Crippen molar-refractivity contribution in [2.24, 2.45) is 5.92 Å². The van der Waals surface area contributed by atoms with Gasteiger partial charge in [0.15, 0.2) is 0 Å². The van der Waals surface area contributed by atoms with Gasteiger partial charge in [-0.2, -0.15) is 4.31 Å². The van der Waals surface area contributed by atoms with E-state index in [1.54, 1.807) is 4.31 Å². The number of piperidine rings is 1. The Morgan fingerprint density at radius 3 is 2.50 bits per heavy atom. The maximum atomic E-state index is 12.1. The van der Waals surface area contributed by atoms with Crippen LogP contribution in [0.5, 0.6) is 0 Å². The van der Waals surface area contributed by atoms with E-state index < -0.39 is 15.6 Å². The van der Waals surface area contributed by atoms with Crippen molar-refractivity contribution in [1.82, 2.24) is 9.21 Å². The molecule has 2 atom stereocenters. The molecule has 0 radical (unpaired) electrons. The van der Waals surface area contributed by atoms with Crippen LogP contribution in [0.15, 0.2) is 0 Å². The van der Waals surface area contributed by atoms with Gasteiger partial charge in [0.25, 0.3) is 0 Å². The van der Waals surface area contributed by atoms with Crippen molar-refractivity contribution in [3.63, 3.8) is 0 Å². The summed E-state index contributed by atoms with van der Waals surface area (Å²) >= 11 is 0. The van der Waals surface area contributed by atoms with Gasteiger partial charge in [-0.25, -0.2) is 8.42 Å². The van der Waals surface area contributed by atoms with Gasteiger partial charge in [-0.15, -0.1) is 0 Å². The number of rotatable bonds is 3. The molecular formula is C16H30N2O3S. The van der Waals surface area contributed by atoms with Crippen molar-refractivity contribution in [2.75, 3.05) is 32.4 Å². The molecule has 0 aromatic carbocycles. The number of hydrogen-bond donors (Lipinski definition) is 1. The molecule has 0 amide bonds. The van der Waals surface area contributed by atoms with Gasteiger partial charge in [-0.1, -0.05) is 19.3 Å². The summed E-state index contributed by atoms with van der Waals surface area (Å²) in [4.78, 5) is 2.39. The van der Waals surface area contributed by atoms with Gasteiger partial charge in [0, 0.05) is 25.7 Å². The number of hydrogen-bond acceptors (Lipinski definition) is 4. The zero-order valence-electron chi connectivity index (χ0n) is 13.7. The summed E-state index contributed by atoms with van der Waals surface area (Å²) in [6.07, 6.45) is 9.59. The summed E-state index contributed by atoms with van der Waals surface area (Å²) in [5.74, 6) is 0.427. The number of β-amino-alcohol motifs (C(OH)–C–C–N with tert-alkyl or cyclic N) is 1. The molecule has 5 nitrogen and oxygen atoms in total. The van der Waals surface area contributed by atoms with E-state index in [9.17, 15) is 13.5 Å². The minimum absolute atomic E-state index is 0.173. The maximum absolute atomic E-state index is 12.1. The predicted octanol–water partition coefficient (Wildman–Crippen LogP) is 1.43. The topological polar surface area (TPSA) is 60.9 Å². The Balaban J connectivity index is 1.67. The summed E-state index contributed by atoms with van der Waals surface area (Å²) in [5, 5.41) is 10.6. The van der Waals surface area contributed by atoms with Crippen LogP contribution in [0.1, 0.15) is 51.4 Å². The normalized spacial score (nSPS) is 34.3. The summed E-state index contributed by atoms with van der Waals surface area (Å²) in [6, 6.07) is 0.173. The lowest BCUT2D eigenvalue weighted by atomic mass is 9.88. The van der Waals surface area contributed by atoms with Gasteiger partial charge < -0.3 is 10.0 Å². The van der Waals surface area contributed by atoms with Gasteiger partial charge in [-0.05, 0) is 44.6 Å². The highest BCUT2D eigenvalue weighted by Crippen LogP contribution is 2.35. The fourth-order valence-corrected chi connectivity index (χ4v) is 5.99. The summed E-state index contributed by atoms with van der Waals surface area (Å²) in [7, 11) is -3.11. The SMILES string of the molecule is CS(=O)(=O)N1CCCC[C@H]2CN(CC3(O)CCCC3)CC[C@H]21. The average Bonchev–Trinajstić information content (AvgIpc) is 2.73. The molecule has 3 aliphatic rings. The van der Waals surface area contributed by atoms with E-state index in [4.69, 9.17) is 0 Å². The Labute approximate surface area is 134 Å². The molecule has 0 bridgehead atoms. The Kier molecular flexibility index (Phi) is 4.84. The highest BCUT2D eigenvalue weighted by Gasteiger charge is 2.40. The molecule has 0 aromatic rings. The predicted molar refractivity (Wildman–Crippen MR) is 87.2 cm³/mol. The van der Waals surface area contributed by atoms with E-state index in [2.05, 4.69) is 4.90 Å². The fraction of sp³-hybridized carbons (Fsp3) is 1.00. The highest BCUT2D eigenvalue weighted by molar-refractivity contribution is 7.88. The lowest BCUT2D eigenvalue weighted by Crippen LogP contribution is -2.54. The van der Waals surface area contributed by atoms with Crippen molar-refractivity contribution in [1.29, 1.82) is 0 Å². The van der Waals surface area contributed by atoms with Crippen LogP contribution < -0.4 is 0 Å². The lowest BCUT2D eigenvalue weighted by molar-refractivity contribution is -0.0110. The zero-order chi connectivity index (χ0) is 15.8. The van der Waals surface area contributed by atoms with Crippen molar-refractivity contribution in [3.8, 4) is 0 Å². The standard InChI is InChI=1S/C16H30N2O3S/c1-22(20,21)18-10-5-2-6-14-12-17(11-7-15(14)18)13-16(19)8-3-4-9-16/h14-15,19H,2-13H2,1H3/t14-,15+/m0/s1.